The maximum Gasteiger partial charge on any atom is 0.295 e. The van der Waals surface area contributed by atoms with E-state index in [1.807, 2.05) is 13.8 Å². The molecular weight excluding hydrogens is 230 g/mol. The zero-order valence-corrected chi connectivity index (χ0v) is 10.4. The fraction of sp³-hybridized carbons (Fsp3) is 0.333. The van der Waals surface area contributed by atoms with Crippen molar-refractivity contribution in [3.05, 3.63) is 35.7 Å². The molecule has 0 fully saturated rings. The molecule has 6 heteroatoms. The van der Waals surface area contributed by atoms with E-state index in [1.165, 1.54) is 0 Å². The molecule has 2 aromatic rings. The molecule has 0 aliphatic carbocycles. The van der Waals surface area contributed by atoms with Crippen molar-refractivity contribution in [1.29, 1.82) is 0 Å². The molecule has 2 heterocycles. The van der Waals surface area contributed by atoms with Crippen molar-refractivity contribution in [2.24, 2.45) is 0 Å². The Balaban J connectivity index is 2.07. The number of aryl methyl sites for hydroxylation is 2. The molecule has 18 heavy (non-hydrogen) atoms. The lowest BCUT2D eigenvalue weighted by Crippen LogP contribution is -2.14. The minimum Gasteiger partial charge on any atom is -0.319 e. The van der Waals surface area contributed by atoms with Crippen molar-refractivity contribution >= 4 is 11.6 Å². The molecule has 0 saturated heterocycles. The summed E-state index contributed by atoms with van der Waals surface area (Å²) in [5.41, 5.74) is 1.53. The van der Waals surface area contributed by atoms with Gasteiger partial charge < -0.3 is 5.32 Å². The number of rotatable bonds is 4. The summed E-state index contributed by atoms with van der Waals surface area (Å²) in [5, 5.41) is 9.37. The van der Waals surface area contributed by atoms with Crippen molar-refractivity contribution in [2.45, 2.75) is 26.7 Å². The number of hydrogen-bond acceptors (Lipinski definition) is 4. The number of amides is 1. The largest absolute Gasteiger partial charge is 0.319 e. The topological polar surface area (TPSA) is 83.6 Å². The van der Waals surface area contributed by atoms with Gasteiger partial charge in [0.15, 0.2) is 0 Å². The molecule has 2 aromatic heterocycles. The first-order chi connectivity index (χ1) is 8.69. The van der Waals surface area contributed by atoms with Gasteiger partial charge in [0, 0.05) is 24.0 Å². The fourth-order valence-electron chi connectivity index (χ4n) is 1.56. The Morgan fingerprint density at radius 3 is 3.06 bits per heavy atom. The van der Waals surface area contributed by atoms with E-state index < -0.39 is 0 Å². The lowest BCUT2D eigenvalue weighted by Gasteiger charge is -2.02. The lowest BCUT2D eigenvalue weighted by atomic mass is 10.3. The molecule has 6 nitrogen and oxygen atoms in total. The van der Waals surface area contributed by atoms with Crippen LogP contribution in [0.1, 0.15) is 35.5 Å². The van der Waals surface area contributed by atoms with E-state index in [0.717, 1.165) is 24.4 Å². The Bertz CT molecular complexity index is 549. The molecular formula is C12H15N5O. The zero-order chi connectivity index (χ0) is 13.0. The first-order valence-electron chi connectivity index (χ1n) is 5.84. The highest BCUT2D eigenvalue weighted by Crippen LogP contribution is 2.08. The Hall–Kier alpha value is -2.24. The average molecular weight is 245 g/mol. The van der Waals surface area contributed by atoms with Crippen molar-refractivity contribution in [1.82, 2.24) is 20.2 Å². The van der Waals surface area contributed by atoms with Crippen LogP contribution in [0.4, 0.5) is 5.69 Å². The van der Waals surface area contributed by atoms with Crippen LogP contribution < -0.4 is 5.32 Å². The van der Waals surface area contributed by atoms with E-state index in [1.54, 1.807) is 18.3 Å². The third-order valence-corrected chi connectivity index (χ3v) is 2.38. The Morgan fingerprint density at radius 1 is 1.50 bits per heavy atom. The average Bonchev–Trinajstić information content (AvgIpc) is 2.78. The third-order valence-electron chi connectivity index (χ3n) is 2.38. The minimum absolute atomic E-state index is 0.160. The van der Waals surface area contributed by atoms with Gasteiger partial charge in [-0.3, -0.25) is 14.9 Å². The quantitative estimate of drug-likeness (QED) is 0.859. The van der Waals surface area contributed by atoms with Gasteiger partial charge in [-0.1, -0.05) is 6.92 Å². The van der Waals surface area contributed by atoms with Crippen LogP contribution in [0.3, 0.4) is 0 Å². The molecule has 1 amide bonds. The predicted octanol–water partition coefficient (Wildman–Crippen LogP) is 1.71. The summed E-state index contributed by atoms with van der Waals surface area (Å²) < 4.78 is 0. The maximum absolute atomic E-state index is 11.9. The van der Waals surface area contributed by atoms with Gasteiger partial charge in [-0.15, -0.1) is 5.10 Å². The Kier molecular flexibility index (Phi) is 3.66. The van der Waals surface area contributed by atoms with E-state index in [4.69, 9.17) is 0 Å². The van der Waals surface area contributed by atoms with Gasteiger partial charge in [0.1, 0.15) is 5.82 Å². The van der Waals surface area contributed by atoms with Crippen molar-refractivity contribution in [3.8, 4) is 0 Å². The summed E-state index contributed by atoms with van der Waals surface area (Å²) in [6.45, 7) is 3.91. The van der Waals surface area contributed by atoms with Crippen LogP contribution in [0.2, 0.25) is 0 Å². The van der Waals surface area contributed by atoms with Crippen LogP contribution in [-0.4, -0.2) is 26.1 Å². The van der Waals surface area contributed by atoms with Crippen LogP contribution in [0.5, 0.6) is 0 Å². The number of carbonyl (C=O) groups excluding carboxylic acids is 1. The number of nitrogens with zero attached hydrogens (tertiary/aromatic N) is 3. The van der Waals surface area contributed by atoms with E-state index in [-0.39, 0.29) is 11.7 Å². The summed E-state index contributed by atoms with van der Waals surface area (Å²) >= 11 is 0. The summed E-state index contributed by atoms with van der Waals surface area (Å²) in [7, 11) is 0. The van der Waals surface area contributed by atoms with Gasteiger partial charge in [0.2, 0.25) is 5.82 Å². The number of carbonyl (C=O) groups is 1. The number of H-pyrrole nitrogens is 1. The van der Waals surface area contributed by atoms with Gasteiger partial charge in [0.05, 0.1) is 0 Å². The van der Waals surface area contributed by atoms with Crippen LogP contribution in [0, 0.1) is 6.92 Å². The number of pyridine rings is 1. The van der Waals surface area contributed by atoms with Crippen molar-refractivity contribution in [2.75, 3.05) is 5.32 Å². The van der Waals surface area contributed by atoms with Gasteiger partial charge in [-0.05, 0) is 25.5 Å². The SMILES string of the molecule is CCCc1nc(C(=O)Nc2ccnc(C)c2)n[nH]1. The van der Waals surface area contributed by atoms with Gasteiger partial charge in [-0.25, -0.2) is 4.98 Å². The highest BCUT2D eigenvalue weighted by Gasteiger charge is 2.12. The van der Waals surface area contributed by atoms with Crippen molar-refractivity contribution < 1.29 is 4.79 Å². The number of nitrogens with one attached hydrogen (secondary N) is 2. The molecule has 0 aliphatic heterocycles. The summed E-state index contributed by atoms with van der Waals surface area (Å²) in [5.74, 6) is 0.570. The molecule has 0 aromatic carbocycles. The van der Waals surface area contributed by atoms with Crippen LogP contribution in [0.25, 0.3) is 0 Å². The first kappa shape index (κ1) is 12.2. The summed E-state index contributed by atoms with van der Waals surface area (Å²) in [4.78, 5) is 20.1. The molecule has 0 bridgehead atoms. The molecule has 0 radical (unpaired) electrons. The Labute approximate surface area is 105 Å². The van der Waals surface area contributed by atoms with Gasteiger partial charge in [0.25, 0.3) is 5.91 Å². The highest BCUT2D eigenvalue weighted by atomic mass is 16.2. The first-order valence-corrected chi connectivity index (χ1v) is 5.84. The minimum atomic E-state index is -0.320. The number of aromatic amines is 1. The normalized spacial score (nSPS) is 10.3. The van der Waals surface area contributed by atoms with E-state index in [0.29, 0.717) is 5.69 Å². The van der Waals surface area contributed by atoms with E-state index >= 15 is 0 Å². The fourth-order valence-corrected chi connectivity index (χ4v) is 1.56. The summed E-state index contributed by atoms with van der Waals surface area (Å²) in [6.07, 6.45) is 3.39. The van der Waals surface area contributed by atoms with Crippen LogP contribution in [0.15, 0.2) is 18.3 Å². The van der Waals surface area contributed by atoms with Gasteiger partial charge in [-0.2, -0.15) is 0 Å². The molecule has 0 atom stereocenters. The monoisotopic (exact) mass is 245 g/mol. The van der Waals surface area contributed by atoms with Crippen molar-refractivity contribution in [3.63, 3.8) is 0 Å². The zero-order valence-electron chi connectivity index (χ0n) is 10.4. The maximum atomic E-state index is 11.9. The lowest BCUT2D eigenvalue weighted by molar-refractivity contribution is 0.101. The standard InChI is InChI=1S/C12H15N5O/c1-3-4-10-15-11(17-16-10)12(18)14-9-5-6-13-8(2)7-9/h5-7H,3-4H2,1-2H3,(H,13,14,18)(H,15,16,17). The predicted molar refractivity (Wildman–Crippen MR) is 67.3 cm³/mol. The number of hydrogen-bond donors (Lipinski definition) is 2. The number of aromatic nitrogens is 4. The smallest absolute Gasteiger partial charge is 0.295 e. The third kappa shape index (κ3) is 2.91. The van der Waals surface area contributed by atoms with E-state index in [2.05, 4.69) is 25.5 Å². The second-order valence-electron chi connectivity index (χ2n) is 4.00. The second-order valence-corrected chi connectivity index (χ2v) is 4.00. The molecule has 94 valence electrons. The highest BCUT2D eigenvalue weighted by molar-refractivity contribution is 6.01. The van der Waals surface area contributed by atoms with Crippen LogP contribution >= 0.6 is 0 Å². The Morgan fingerprint density at radius 2 is 2.33 bits per heavy atom. The molecule has 0 aliphatic rings. The second kappa shape index (κ2) is 5.39. The van der Waals surface area contributed by atoms with Gasteiger partial charge >= 0.3 is 0 Å². The molecule has 0 unspecified atom stereocenters. The molecule has 2 N–H and O–H groups in total. The van der Waals surface area contributed by atoms with E-state index in [9.17, 15) is 4.79 Å². The molecule has 0 spiro atoms. The number of anilines is 1. The molecule has 2 rings (SSSR count). The molecule has 0 saturated carbocycles. The van der Waals surface area contributed by atoms with Crippen LogP contribution in [-0.2, 0) is 6.42 Å². The summed E-state index contributed by atoms with van der Waals surface area (Å²) in [6, 6.07) is 3.52.